The van der Waals surface area contributed by atoms with Gasteiger partial charge in [-0.05, 0) is 29.7 Å². The summed E-state index contributed by atoms with van der Waals surface area (Å²) in [5.41, 5.74) is 6.16. The van der Waals surface area contributed by atoms with Crippen molar-refractivity contribution in [2.45, 2.75) is 39.0 Å². The van der Waals surface area contributed by atoms with Crippen molar-refractivity contribution in [1.29, 1.82) is 0 Å². The number of rotatable bonds is 4. The Morgan fingerprint density at radius 3 is 2.90 bits per heavy atom. The normalized spacial score (nSPS) is 21.4. The average molecular weight is 304 g/mol. The Balaban J connectivity index is 1.78. The standard InChI is InChI=1S/C17H24N2OS/c1-13-4-6-14(7-5-13)8-11-19-17(20)16-15(3-2-10-18)9-12-21-16/h9,12-14H,4-8,10-11,18H2,1H3,(H,19,20). The Morgan fingerprint density at radius 1 is 1.43 bits per heavy atom. The van der Waals surface area contributed by atoms with Crippen LogP contribution in [0.2, 0.25) is 0 Å². The molecule has 1 heterocycles. The van der Waals surface area contributed by atoms with Crippen molar-refractivity contribution in [2.75, 3.05) is 13.1 Å². The number of carbonyl (C=O) groups excluding carboxylic acids is 1. The van der Waals surface area contributed by atoms with Crippen LogP contribution in [-0.2, 0) is 0 Å². The molecule has 4 heteroatoms. The van der Waals surface area contributed by atoms with Gasteiger partial charge in [0.2, 0.25) is 0 Å². The van der Waals surface area contributed by atoms with Gasteiger partial charge in [-0.3, -0.25) is 4.79 Å². The van der Waals surface area contributed by atoms with E-state index in [1.165, 1.54) is 37.0 Å². The monoisotopic (exact) mass is 304 g/mol. The van der Waals surface area contributed by atoms with Gasteiger partial charge in [0.15, 0.2) is 0 Å². The summed E-state index contributed by atoms with van der Waals surface area (Å²) in [7, 11) is 0. The zero-order chi connectivity index (χ0) is 15.1. The topological polar surface area (TPSA) is 55.1 Å². The number of nitrogens with two attached hydrogens (primary N) is 1. The van der Waals surface area contributed by atoms with Gasteiger partial charge in [-0.25, -0.2) is 0 Å². The van der Waals surface area contributed by atoms with E-state index in [2.05, 4.69) is 24.1 Å². The zero-order valence-corrected chi connectivity index (χ0v) is 13.5. The number of hydrogen-bond donors (Lipinski definition) is 2. The number of hydrogen-bond acceptors (Lipinski definition) is 3. The van der Waals surface area contributed by atoms with Crippen molar-refractivity contribution in [3.05, 3.63) is 21.9 Å². The van der Waals surface area contributed by atoms with Crippen LogP contribution in [0, 0.1) is 23.7 Å². The van der Waals surface area contributed by atoms with Gasteiger partial charge in [0.25, 0.3) is 5.91 Å². The highest BCUT2D eigenvalue weighted by Gasteiger charge is 2.18. The second-order valence-electron chi connectivity index (χ2n) is 5.84. The van der Waals surface area contributed by atoms with Crippen molar-refractivity contribution < 1.29 is 4.79 Å². The molecule has 1 saturated carbocycles. The van der Waals surface area contributed by atoms with E-state index in [0.29, 0.717) is 11.4 Å². The molecule has 0 unspecified atom stereocenters. The van der Waals surface area contributed by atoms with Crippen LogP contribution in [0.15, 0.2) is 11.4 Å². The van der Waals surface area contributed by atoms with Gasteiger partial charge in [0.1, 0.15) is 4.88 Å². The maximum absolute atomic E-state index is 12.2. The smallest absolute Gasteiger partial charge is 0.262 e. The second kappa shape index (κ2) is 8.21. The van der Waals surface area contributed by atoms with E-state index in [4.69, 9.17) is 5.73 Å². The van der Waals surface area contributed by atoms with E-state index >= 15 is 0 Å². The van der Waals surface area contributed by atoms with E-state index in [0.717, 1.165) is 30.4 Å². The lowest BCUT2D eigenvalue weighted by atomic mass is 9.81. The molecule has 2 rings (SSSR count). The quantitative estimate of drug-likeness (QED) is 0.840. The molecular formula is C17H24N2OS. The molecule has 21 heavy (non-hydrogen) atoms. The number of nitrogens with one attached hydrogen (secondary N) is 1. The van der Waals surface area contributed by atoms with Crippen LogP contribution >= 0.6 is 11.3 Å². The molecule has 0 radical (unpaired) electrons. The van der Waals surface area contributed by atoms with Crippen LogP contribution < -0.4 is 11.1 Å². The van der Waals surface area contributed by atoms with E-state index in [1.807, 2.05) is 11.4 Å². The minimum atomic E-state index is -0.00417. The summed E-state index contributed by atoms with van der Waals surface area (Å²) in [4.78, 5) is 12.9. The summed E-state index contributed by atoms with van der Waals surface area (Å²) in [5, 5.41) is 4.93. The highest BCUT2D eigenvalue weighted by atomic mass is 32.1. The molecule has 3 N–H and O–H groups in total. The molecule has 1 aliphatic rings. The third-order valence-electron chi connectivity index (χ3n) is 4.17. The minimum Gasteiger partial charge on any atom is -0.351 e. The van der Waals surface area contributed by atoms with Crippen molar-refractivity contribution in [3.8, 4) is 11.8 Å². The molecule has 3 nitrogen and oxygen atoms in total. The Bertz CT molecular complexity index is 518. The van der Waals surface area contributed by atoms with Crippen molar-refractivity contribution in [3.63, 3.8) is 0 Å². The maximum atomic E-state index is 12.2. The minimum absolute atomic E-state index is 0.00417. The summed E-state index contributed by atoms with van der Waals surface area (Å²) in [6.45, 7) is 3.41. The second-order valence-corrected chi connectivity index (χ2v) is 6.76. The summed E-state index contributed by atoms with van der Waals surface area (Å²) in [5.74, 6) is 7.41. The lowest BCUT2D eigenvalue weighted by Gasteiger charge is -2.26. The highest BCUT2D eigenvalue weighted by molar-refractivity contribution is 7.12. The van der Waals surface area contributed by atoms with Crippen LogP contribution in [-0.4, -0.2) is 19.0 Å². The highest BCUT2D eigenvalue weighted by Crippen LogP contribution is 2.30. The summed E-state index contributed by atoms with van der Waals surface area (Å²) in [6.07, 6.45) is 6.38. The Hall–Kier alpha value is -1.31. The lowest BCUT2D eigenvalue weighted by Crippen LogP contribution is -2.26. The summed E-state index contributed by atoms with van der Waals surface area (Å²) >= 11 is 1.44. The van der Waals surface area contributed by atoms with Crippen LogP contribution in [0.25, 0.3) is 0 Å². The first kappa shape index (κ1) is 16.1. The van der Waals surface area contributed by atoms with Gasteiger partial charge in [-0.1, -0.05) is 44.4 Å². The Kier molecular flexibility index (Phi) is 6.28. The molecule has 1 amide bonds. The molecule has 0 aromatic carbocycles. The van der Waals surface area contributed by atoms with Gasteiger partial charge in [0, 0.05) is 12.1 Å². The Morgan fingerprint density at radius 2 is 2.19 bits per heavy atom. The van der Waals surface area contributed by atoms with Crippen molar-refractivity contribution >= 4 is 17.2 Å². The molecule has 0 saturated heterocycles. The lowest BCUT2D eigenvalue weighted by molar-refractivity contribution is 0.0953. The molecule has 1 aromatic heterocycles. The molecule has 1 fully saturated rings. The molecule has 1 aliphatic carbocycles. The molecule has 1 aromatic rings. The average Bonchev–Trinajstić information content (AvgIpc) is 2.95. The fourth-order valence-electron chi connectivity index (χ4n) is 2.82. The Labute approximate surface area is 131 Å². The first-order chi connectivity index (χ1) is 10.2. The predicted octanol–water partition coefficient (Wildman–Crippen LogP) is 3.00. The van der Waals surface area contributed by atoms with E-state index < -0.39 is 0 Å². The summed E-state index contributed by atoms with van der Waals surface area (Å²) in [6, 6.07) is 1.88. The molecule has 114 valence electrons. The van der Waals surface area contributed by atoms with Crippen LogP contribution in [0.3, 0.4) is 0 Å². The third kappa shape index (κ3) is 4.87. The number of thiophene rings is 1. The molecule has 0 spiro atoms. The predicted molar refractivity (Wildman–Crippen MR) is 88.3 cm³/mol. The first-order valence-electron chi connectivity index (χ1n) is 7.75. The van der Waals surface area contributed by atoms with Gasteiger partial charge >= 0.3 is 0 Å². The fourth-order valence-corrected chi connectivity index (χ4v) is 3.58. The van der Waals surface area contributed by atoms with Gasteiger partial charge in [-0.15, -0.1) is 11.3 Å². The third-order valence-corrected chi connectivity index (χ3v) is 5.08. The van der Waals surface area contributed by atoms with E-state index in [-0.39, 0.29) is 5.91 Å². The summed E-state index contributed by atoms with van der Waals surface area (Å²) < 4.78 is 0. The first-order valence-corrected chi connectivity index (χ1v) is 8.63. The SMILES string of the molecule is CC1CCC(CCNC(=O)c2sccc2C#CCN)CC1. The van der Waals surface area contributed by atoms with Crippen LogP contribution in [0.1, 0.15) is 54.3 Å². The fraction of sp³-hybridized carbons (Fsp3) is 0.588. The number of amides is 1. The largest absolute Gasteiger partial charge is 0.351 e. The van der Waals surface area contributed by atoms with Crippen molar-refractivity contribution in [1.82, 2.24) is 5.32 Å². The van der Waals surface area contributed by atoms with E-state index in [1.54, 1.807) is 0 Å². The molecular weight excluding hydrogens is 280 g/mol. The maximum Gasteiger partial charge on any atom is 0.262 e. The van der Waals surface area contributed by atoms with Gasteiger partial charge in [-0.2, -0.15) is 0 Å². The van der Waals surface area contributed by atoms with Crippen LogP contribution in [0.4, 0.5) is 0 Å². The van der Waals surface area contributed by atoms with Gasteiger partial charge in [0.05, 0.1) is 6.54 Å². The number of carbonyl (C=O) groups is 1. The molecule has 0 atom stereocenters. The van der Waals surface area contributed by atoms with Crippen LogP contribution in [0.5, 0.6) is 0 Å². The zero-order valence-electron chi connectivity index (χ0n) is 12.7. The van der Waals surface area contributed by atoms with Gasteiger partial charge < -0.3 is 11.1 Å². The van der Waals surface area contributed by atoms with Crippen molar-refractivity contribution in [2.24, 2.45) is 17.6 Å². The molecule has 0 aliphatic heterocycles. The molecule has 0 bridgehead atoms. The van der Waals surface area contributed by atoms with E-state index in [9.17, 15) is 4.79 Å².